The molecule has 1 fully saturated rings. The lowest BCUT2D eigenvalue weighted by molar-refractivity contribution is -0.113. The third-order valence-electron chi connectivity index (χ3n) is 6.03. The van der Waals surface area contributed by atoms with Gasteiger partial charge in [-0.15, -0.1) is 21.5 Å². The summed E-state index contributed by atoms with van der Waals surface area (Å²) in [5.41, 5.74) is 7.48. The highest BCUT2D eigenvalue weighted by Crippen LogP contribution is 2.42. The first-order valence-corrected chi connectivity index (χ1v) is 12.8. The standard InChI is InChI=1S/C23H24FN5O2S2/c1-12-6-9-15-17(10-12)33-22(19(15)20(25)31)26-18(30)11-32-23-28-27-21(29(23)13-7-8-13)14-4-2-3-5-16(14)24/h2-5,12-13H,6-11H2,1H3,(H2,25,31)(H,26,30). The molecule has 0 aliphatic heterocycles. The number of carbonyl (C=O) groups is 2. The first kappa shape index (κ1) is 22.1. The van der Waals surface area contributed by atoms with Crippen LogP contribution in [0.25, 0.3) is 11.4 Å². The quantitative estimate of drug-likeness (QED) is 0.482. The van der Waals surface area contributed by atoms with Gasteiger partial charge in [-0.25, -0.2) is 4.39 Å². The van der Waals surface area contributed by atoms with E-state index in [1.807, 2.05) is 4.57 Å². The first-order valence-electron chi connectivity index (χ1n) is 11.0. The number of amides is 2. The van der Waals surface area contributed by atoms with E-state index in [9.17, 15) is 14.0 Å². The van der Waals surface area contributed by atoms with Gasteiger partial charge in [0.2, 0.25) is 5.91 Å². The molecule has 0 bridgehead atoms. The van der Waals surface area contributed by atoms with Gasteiger partial charge in [0.25, 0.3) is 5.91 Å². The summed E-state index contributed by atoms with van der Waals surface area (Å²) in [6.45, 7) is 2.19. The van der Waals surface area contributed by atoms with Gasteiger partial charge in [-0.05, 0) is 55.7 Å². The minimum Gasteiger partial charge on any atom is -0.365 e. The van der Waals surface area contributed by atoms with Crippen LogP contribution in [-0.4, -0.2) is 32.3 Å². The van der Waals surface area contributed by atoms with E-state index in [2.05, 4.69) is 22.4 Å². The lowest BCUT2D eigenvalue weighted by Gasteiger charge is -2.18. The number of hydrogen-bond acceptors (Lipinski definition) is 6. The highest BCUT2D eigenvalue weighted by atomic mass is 32.2. The number of halogens is 1. The zero-order valence-corrected chi connectivity index (χ0v) is 19.8. The average molecular weight is 486 g/mol. The number of nitrogens with zero attached hydrogens (tertiary/aromatic N) is 3. The van der Waals surface area contributed by atoms with Crippen molar-refractivity contribution in [1.82, 2.24) is 14.8 Å². The summed E-state index contributed by atoms with van der Waals surface area (Å²) in [6.07, 6.45) is 4.66. The van der Waals surface area contributed by atoms with E-state index in [1.165, 1.54) is 29.2 Å². The number of carbonyl (C=O) groups excluding carboxylic acids is 2. The van der Waals surface area contributed by atoms with Gasteiger partial charge >= 0.3 is 0 Å². The molecule has 10 heteroatoms. The SMILES string of the molecule is CC1CCc2c(sc(NC(=O)CSc3nnc(-c4ccccc4F)n3C3CC3)c2C(N)=O)C1. The predicted molar refractivity (Wildman–Crippen MR) is 127 cm³/mol. The lowest BCUT2D eigenvalue weighted by Crippen LogP contribution is -2.20. The molecule has 3 N–H and O–H groups in total. The van der Waals surface area contributed by atoms with Crippen molar-refractivity contribution in [2.45, 2.75) is 50.2 Å². The fourth-order valence-electron chi connectivity index (χ4n) is 4.26. The highest BCUT2D eigenvalue weighted by Gasteiger charge is 2.31. The second kappa shape index (κ2) is 8.90. The fraction of sp³-hybridized carbons (Fsp3) is 0.391. The Hall–Kier alpha value is -2.72. The van der Waals surface area contributed by atoms with Crippen LogP contribution in [0.5, 0.6) is 0 Å². The minimum atomic E-state index is -0.506. The van der Waals surface area contributed by atoms with E-state index in [0.717, 1.165) is 42.5 Å². The molecule has 0 radical (unpaired) electrons. The first-order chi connectivity index (χ1) is 15.9. The summed E-state index contributed by atoms with van der Waals surface area (Å²) >= 11 is 2.71. The molecule has 33 heavy (non-hydrogen) atoms. The van der Waals surface area contributed by atoms with Gasteiger partial charge in [0.05, 0.1) is 16.9 Å². The topological polar surface area (TPSA) is 103 Å². The Bertz CT molecular complexity index is 1230. The fourth-order valence-corrected chi connectivity index (χ4v) is 6.49. The van der Waals surface area contributed by atoms with Crippen molar-refractivity contribution in [2.75, 3.05) is 11.1 Å². The molecule has 1 unspecified atom stereocenters. The van der Waals surface area contributed by atoms with Crippen molar-refractivity contribution in [1.29, 1.82) is 0 Å². The monoisotopic (exact) mass is 485 g/mol. The Labute approximate surface area is 199 Å². The summed E-state index contributed by atoms with van der Waals surface area (Å²) in [5, 5.41) is 12.5. The lowest BCUT2D eigenvalue weighted by atomic mass is 9.88. The number of thiophene rings is 1. The smallest absolute Gasteiger partial charge is 0.251 e. The van der Waals surface area contributed by atoms with Crippen LogP contribution < -0.4 is 11.1 Å². The van der Waals surface area contributed by atoms with E-state index in [-0.39, 0.29) is 23.5 Å². The van der Waals surface area contributed by atoms with Gasteiger partial charge in [-0.1, -0.05) is 30.8 Å². The molecule has 1 saturated carbocycles. The molecular formula is C23H24FN5O2S2. The molecule has 2 aliphatic carbocycles. The summed E-state index contributed by atoms with van der Waals surface area (Å²) in [5.74, 6) is 0.0261. The van der Waals surface area contributed by atoms with Gasteiger partial charge in [-0.2, -0.15) is 0 Å². The Morgan fingerprint density at radius 2 is 2.06 bits per heavy atom. The minimum absolute atomic E-state index is 0.0965. The van der Waals surface area contributed by atoms with Crippen LogP contribution in [0, 0.1) is 11.7 Å². The summed E-state index contributed by atoms with van der Waals surface area (Å²) in [4.78, 5) is 26.0. The normalized spacial score (nSPS) is 17.6. The third-order valence-corrected chi connectivity index (χ3v) is 8.15. The third kappa shape index (κ3) is 4.41. The van der Waals surface area contributed by atoms with Crippen LogP contribution in [-0.2, 0) is 17.6 Å². The van der Waals surface area contributed by atoms with Gasteiger partial charge in [0.1, 0.15) is 10.8 Å². The largest absolute Gasteiger partial charge is 0.365 e. The molecule has 3 aromatic rings. The average Bonchev–Trinajstić information content (AvgIpc) is 3.42. The Morgan fingerprint density at radius 3 is 2.79 bits per heavy atom. The van der Waals surface area contributed by atoms with Crippen LogP contribution in [0.1, 0.15) is 53.0 Å². The van der Waals surface area contributed by atoms with Crippen LogP contribution >= 0.6 is 23.1 Å². The van der Waals surface area contributed by atoms with E-state index in [4.69, 9.17) is 5.73 Å². The van der Waals surface area contributed by atoms with Crippen LogP contribution in [0.2, 0.25) is 0 Å². The van der Waals surface area contributed by atoms with Crippen molar-refractivity contribution >= 4 is 39.9 Å². The number of thioether (sulfide) groups is 1. The molecule has 1 aromatic carbocycles. The van der Waals surface area contributed by atoms with Crippen molar-refractivity contribution < 1.29 is 14.0 Å². The maximum Gasteiger partial charge on any atom is 0.251 e. The van der Waals surface area contributed by atoms with Crippen molar-refractivity contribution in [3.63, 3.8) is 0 Å². The Morgan fingerprint density at radius 1 is 1.27 bits per heavy atom. The number of nitrogens with two attached hydrogens (primary N) is 1. The molecule has 1 atom stereocenters. The molecule has 0 saturated heterocycles. The van der Waals surface area contributed by atoms with Crippen molar-refractivity contribution in [3.05, 3.63) is 46.1 Å². The highest BCUT2D eigenvalue weighted by molar-refractivity contribution is 7.99. The molecular weight excluding hydrogens is 461 g/mol. The second-order valence-electron chi connectivity index (χ2n) is 8.64. The Balaban J connectivity index is 1.33. The van der Waals surface area contributed by atoms with Gasteiger partial charge in [-0.3, -0.25) is 14.2 Å². The maximum absolute atomic E-state index is 14.3. The van der Waals surface area contributed by atoms with Gasteiger partial charge in [0.15, 0.2) is 11.0 Å². The van der Waals surface area contributed by atoms with Crippen LogP contribution in [0.4, 0.5) is 9.39 Å². The van der Waals surface area contributed by atoms with Crippen LogP contribution in [0.15, 0.2) is 29.4 Å². The van der Waals surface area contributed by atoms with Crippen molar-refractivity contribution in [3.8, 4) is 11.4 Å². The number of nitrogens with one attached hydrogen (secondary N) is 1. The number of anilines is 1. The summed E-state index contributed by atoms with van der Waals surface area (Å²) < 4.78 is 16.3. The molecule has 2 aromatic heterocycles. The summed E-state index contributed by atoms with van der Waals surface area (Å²) in [6, 6.07) is 6.71. The maximum atomic E-state index is 14.3. The Kier molecular flexibility index (Phi) is 5.96. The predicted octanol–water partition coefficient (Wildman–Crippen LogP) is 4.44. The van der Waals surface area contributed by atoms with Gasteiger partial charge in [0, 0.05) is 10.9 Å². The van der Waals surface area contributed by atoms with E-state index in [0.29, 0.717) is 33.0 Å². The van der Waals surface area contributed by atoms with Crippen LogP contribution in [0.3, 0.4) is 0 Å². The molecule has 2 aliphatic rings. The van der Waals surface area contributed by atoms with Gasteiger partial charge < -0.3 is 11.1 Å². The second-order valence-corrected chi connectivity index (χ2v) is 10.7. The number of fused-ring (bicyclic) bond motifs is 1. The molecule has 5 rings (SSSR count). The summed E-state index contributed by atoms with van der Waals surface area (Å²) in [7, 11) is 0. The number of rotatable bonds is 7. The van der Waals surface area contributed by atoms with E-state index < -0.39 is 5.91 Å². The molecule has 2 heterocycles. The number of benzene rings is 1. The zero-order chi connectivity index (χ0) is 23.1. The number of aromatic nitrogens is 3. The molecule has 7 nitrogen and oxygen atoms in total. The van der Waals surface area contributed by atoms with Crippen molar-refractivity contribution in [2.24, 2.45) is 11.7 Å². The molecule has 172 valence electrons. The zero-order valence-electron chi connectivity index (χ0n) is 18.1. The molecule has 0 spiro atoms. The van der Waals surface area contributed by atoms with E-state index in [1.54, 1.807) is 18.2 Å². The number of hydrogen-bond donors (Lipinski definition) is 2. The number of primary amides is 1. The van der Waals surface area contributed by atoms with E-state index >= 15 is 0 Å². The molecule has 2 amide bonds.